The summed E-state index contributed by atoms with van der Waals surface area (Å²) in [6, 6.07) is 5.29. The van der Waals surface area contributed by atoms with Crippen molar-refractivity contribution in [2.24, 2.45) is 5.92 Å². The number of rotatable bonds is 9. The summed E-state index contributed by atoms with van der Waals surface area (Å²) in [6.07, 6.45) is -0.715. The molecule has 0 aliphatic carbocycles. The van der Waals surface area contributed by atoms with Crippen LogP contribution in [0.5, 0.6) is 0 Å². The van der Waals surface area contributed by atoms with E-state index in [9.17, 15) is 19.2 Å². The van der Waals surface area contributed by atoms with Crippen LogP contribution in [0.1, 0.15) is 58.7 Å². The van der Waals surface area contributed by atoms with Crippen molar-refractivity contribution < 1.29 is 28.7 Å². The predicted molar refractivity (Wildman–Crippen MR) is 124 cm³/mol. The molecule has 0 heterocycles. The highest BCUT2D eigenvalue weighted by atomic mass is 16.6. The highest BCUT2D eigenvalue weighted by Gasteiger charge is 2.37. The molecule has 0 aliphatic heterocycles. The van der Waals surface area contributed by atoms with E-state index in [1.165, 1.54) is 12.0 Å². The smallest absolute Gasteiger partial charge is 0.408 e. The first kappa shape index (κ1) is 27.9. The van der Waals surface area contributed by atoms with Crippen molar-refractivity contribution in [1.82, 2.24) is 15.5 Å². The molecule has 2 N–H and O–H groups in total. The van der Waals surface area contributed by atoms with E-state index in [4.69, 9.17) is 4.74 Å². The molecule has 1 rings (SSSR count). The molecular formula is C24H37N3O6. The van der Waals surface area contributed by atoms with Crippen molar-refractivity contribution in [3.63, 3.8) is 0 Å². The third kappa shape index (κ3) is 8.40. The lowest BCUT2D eigenvalue weighted by Crippen LogP contribution is -2.55. The number of nitrogens with zero attached hydrogens (tertiary/aromatic N) is 1. The maximum atomic E-state index is 13.6. The van der Waals surface area contributed by atoms with Gasteiger partial charge in [0.25, 0.3) is 0 Å². The molecule has 0 spiro atoms. The lowest BCUT2D eigenvalue weighted by Gasteiger charge is -2.35. The van der Waals surface area contributed by atoms with Gasteiger partial charge in [-0.3, -0.25) is 14.4 Å². The van der Waals surface area contributed by atoms with E-state index in [1.54, 1.807) is 53.7 Å². The van der Waals surface area contributed by atoms with Crippen LogP contribution >= 0.6 is 0 Å². The fourth-order valence-corrected chi connectivity index (χ4v) is 3.26. The lowest BCUT2D eigenvalue weighted by molar-refractivity contribution is -0.145. The molecule has 9 nitrogen and oxygen atoms in total. The van der Waals surface area contributed by atoms with E-state index in [2.05, 4.69) is 15.4 Å². The first-order chi connectivity index (χ1) is 15.3. The molecule has 0 fully saturated rings. The zero-order chi connectivity index (χ0) is 25.3. The number of methoxy groups -OCH3 is 1. The summed E-state index contributed by atoms with van der Waals surface area (Å²) in [7, 11) is 1.23. The Hall–Kier alpha value is -3.10. The SMILES string of the molecule is CCN(C(=O)C(NC(=O)OC(C)(C)C)C(C)C)C(C(=O)NCC(=O)OC)c1ccccc1C. The molecule has 184 valence electrons. The van der Waals surface area contributed by atoms with Gasteiger partial charge in [0.2, 0.25) is 11.8 Å². The van der Waals surface area contributed by atoms with Gasteiger partial charge in [-0.15, -0.1) is 0 Å². The Morgan fingerprint density at radius 1 is 1.09 bits per heavy atom. The number of hydrogen-bond donors (Lipinski definition) is 2. The zero-order valence-corrected chi connectivity index (χ0v) is 20.9. The zero-order valence-electron chi connectivity index (χ0n) is 20.9. The van der Waals surface area contributed by atoms with Gasteiger partial charge in [-0.1, -0.05) is 38.1 Å². The number of likely N-dealkylation sites (N-methyl/N-ethyl adjacent to an activating group) is 1. The van der Waals surface area contributed by atoms with Crippen LogP contribution in [-0.4, -0.2) is 60.6 Å². The maximum Gasteiger partial charge on any atom is 0.408 e. The minimum Gasteiger partial charge on any atom is -0.468 e. The second kappa shape index (κ2) is 12.2. The van der Waals surface area contributed by atoms with Crippen LogP contribution in [0.3, 0.4) is 0 Å². The molecule has 0 bridgehead atoms. The van der Waals surface area contributed by atoms with Crippen molar-refractivity contribution in [3.8, 4) is 0 Å². The topological polar surface area (TPSA) is 114 Å². The summed E-state index contributed by atoms with van der Waals surface area (Å²) in [5.41, 5.74) is 0.703. The minimum atomic E-state index is -1.00. The third-order valence-corrected chi connectivity index (χ3v) is 4.91. The Bertz CT molecular complexity index is 847. The number of aryl methyl sites for hydroxylation is 1. The summed E-state index contributed by atoms with van der Waals surface area (Å²) >= 11 is 0. The fraction of sp³-hybridized carbons (Fsp3) is 0.583. The second-order valence-electron chi connectivity index (χ2n) is 9.05. The first-order valence-corrected chi connectivity index (χ1v) is 11.0. The number of esters is 1. The average Bonchev–Trinajstić information content (AvgIpc) is 2.72. The normalized spacial score (nSPS) is 13.0. The van der Waals surface area contributed by atoms with E-state index < -0.39 is 41.6 Å². The second-order valence-corrected chi connectivity index (χ2v) is 9.05. The van der Waals surface area contributed by atoms with Gasteiger partial charge in [-0.05, 0) is 51.7 Å². The van der Waals surface area contributed by atoms with Gasteiger partial charge in [0, 0.05) is 6.54 Å². The van der Waals surface area contributed by atoms with Crippen LogP contribution in [0, 0.1) is 12.8 Å². The van der Waals surface area contributed by atoms with Crippen molar-refractivity contribution in [1.29, 1.82) is 0 Å². The van der Waals surface area contributed by atoms with Gasteiger partial charge in [0.1, 0.15) is 24.2 Å². The van der Waals surface area contributed by atoms with E-state index in [0.29, 0.717) is 5.56 Å². The molecule has 0 radical (unpaired) electrons. The number of hydrogen-bond acceptors (Lipinski definition) is 6. The van der Waals surface area contributed by atoms with E-state index in [-0.39, 0.29) is 19.0 Å². The largest absolute Gasteiger partial charge is 0.468 e. The Labute approximate surface area is 196 Å². The standard InChI is InChI=1S/C24H37N3O6/c1-9-27(22(30)19(15(2)3)26-23(31)33-24(5,6)7)20(17-13-11-10-12-16(17)4)21(29)25-14-18(28)32-8/h10-13,15,19-20H,9,14H2,1-8H3,(H,25,29)(H,26,31). The molecule has 33 heavy (non-hydrogen) atoms. The van der Waals surface area contributed by atoms with Gasteiger partial charge >= 0.3 is 12.1 Å². The summed E-state index contributed by atoms with van der Waals surface area (Å²) < 4.78 is 9.92. The van der Waals surface area contributed by atoms with E-state index in [0.717, 1.165) is 5.56 Å². The number of carbonyl (C=O) groups is 4. The number of carbonyl (C=O) groups excluding carboxylic acids is 4. The van der Waals surface area contributed by atoms with Gasteiger partial charge < -0.3 is 25.0 Å². The molecular weight excluding hydrogens is 426 g/mol. The summed E-state index contributed by atoms with van der Waals surface area (Å²) in [5.74, 6) is -1.83. The van der Waals surface area contributed by atoms with Crippen LogP contribution < -0.4 is 10.6 Å². The predicted octanol–water partition coefficient (Wildman–Crippen LogP) is 2.72. The van der Waals surface area contributed by atoms with Crippen LogP contribution in [0.2, 0.25) is 0 Å². The molecule has 2 unspecified atom stereocenters. The van der Waals surface area contributed by atoms with Crippen molar-refractivity contribution in [2.75, 3.05) is 20.2 Å². The van der Waals surface area contributed by atoms with Crippen molar-refractivity contribution in [2.45, 2.75) is 66.2 Å². The highest BCUT2D eigenvalue weighted by molar-refractivity contribution is 5.93. The Kier molecular flexibility index (Phi) is 10.3. The lowest BCUT2D eigenvalue weighted by atomic mass is 9.96. The molecule has 0 aliphatic rings. The first-order valence-electron chi connectivity index (χ1n) is 11.0. The van der Waals surface area contributed by atoms with E-state index >= 15 is 0 Å². The number of ether oxygens (including phenoxy) is 2. The van der Waals surface area contributed by atoms with Gasteiger partial charge in [-0.2, -0.15) is 0 Å². The Balaban J connectivity index is 3.33. The molecule has 0 saturated heterocycles. The molecule has 0 aromatic heterocycles. The summed E-state index contributed by atoms with van der Waals surface area (Å²) in [4.78, 5) is 52.2. The third-order valence-electron chi connectivity index (χ3n) is 4.91. The van der Waals surface area contributed by atoms with Crippen molar-refractivity contribution >= 4 is 23.9 Å². The van der Waals surface area contributed by atoms with Crippen LogP contribution in [-0.2, 0) is 23.9 Å². The number of benzene rings is 1. The highest BCUT2D eigenvalue weighted by Crippen LogP contribution is 2.26. The van der Waals surface area contributed by atoms with Crippen LogP contribution in [0.15, 0.2) is 24.3 Å². The Morgan fingerprint density at radius 3 is 2.18 bits per heavy atom. The molecule has 0 saturated carbocycles. The summed E-state index contributed by atoms with van der Waals surface area (Å²) in [6.45, 7) is 12.3. The van der Waals surface area contributed by atoms with E-state index in [1.807, 2.05) is 19.1 Å². The Morgan fingerprint density at radius 2 is 1.70 bits per heavy atom. The maximum absolute atomic E-state index is 13.6. The molecule has 2 atom stereocenters. The molecule has 3 amide bonds. The molecule has 1 aromatic rings. The van der Waals surface area contributed by atoms with Gasteiger partial charge in [0.15, 0.2) is 0 Å². The number of alkyl carbamates (subject to hydrolysis) is 1. The molecule has 1 aromatic carbocycles. The van der Waals surface area contributed by atoms with Crippen molar-refractivity contribution in [3.05, 3.63) is 35.4 Å². The van der Waals surface area contributed by atoms with Gasteiger partial charge in [0.05, 0.1) is 7.11 Å². The van der Waals surface area contributed by atoms with Crippen LogP contribution in [0.25, 0.3) is 0 Å². The minimum absolute atomic E-state index is 0.197. The summed E-state index contributed by atoms with van der Waals surface area (Å²) in [5, 5.41) is 5.20. The fourth-order valence-electron chi connectivity index (χ4n) is 3.26. The van der Waals surface area contributed by atoms with Crippen LogP contribution in [0.4, 0.5) is 4.79 Å². The molecule has 9 heteroatoms. The quantitative estimate of drug-likeness (QED) is 0.545. The average molecular weight is 464 g/mol. The number of nitrogens with one attached hydrogen (secondary N) is 2. The number of amides is 3. The van der Waals surface area contributed by atoms with Gasteiger partial charge in [-0.25, -0.2) is 4.79 Å². The monoisotopic (exact) mass is 463 g/mol.